The molecule has 3 heteroatoms. The molecule has 1 aromatic heterocycles. The van der Waals surface area contributed by atoms with Gasteiger partial charge in [0.05, 0.1) is 12.5 Å². The third kappa shape index (κ3) is 2.73. The molecule has 0 amide bonds. The zero-order chi connectivity index (χ0) is 11.2. The number of rotatable bonds is 5. The van der Waals surface area contributed by atoms with Gasteiger partial charge in [0.1, 0.15) is 18.6 Å². The summed E-state index contributed by atoms with van der Waals surface area (Å²) in [5.41, 5.74) is 1.99. The Morgan fingerprint density at radius 1 is 1.12 bits per heavy atom. The molecule has 0 spiro atoms. The maximum absolute atomic E-state index is 10.3. The first-order valence-corrected chi connectivity index (χ1v) is 5.05. The van der Waals surface area contributed by atoms with Gasteiger partial charge >= 0.3 is 0 Å². The number of benzene rings is 1. The molecular weight excluding hydrogens is 204 g/mol. The van der Waals surface area contributed by atoms with E-state index in [1.54, 1.807) is 12.5 Å². The molecule has 0 bridgehead atoms. The predicted octanol–water partition coefficient (Wildman–Crippen LogP) is 2.60. The zero-order valence-electron chi connectivity index (χ0n) is 8.76. The van der Waals surface area contributed by atoms with Crippen LogP contribution >= 0.6 is 0 Å². The van der Waals surface area contributed by atoms with Crippen molar-refractivity contribution in [3.05, 3.63) is 54.0 Å². The van der Waals surface area contributed by atoms with E-state index in [-0.39, 0.29) is 0 Å². The third-order valence-electron chi connectivity index (χ3n) is 2.23. The van der Waals surface area contributed by atoms with Crippen molar-refractivity contribution in [3.8, 4) is 5.75 Å². The van der Waals surface area contributed by atoms with Gasteiger partial charge in [-0.2, -0.15) is 0 Å². The van der Waals surface area contributed by atoms with Crippen molar-refractivity contribution in [1.29, 1.82) is 0 Å². The zero-order valence-corrected chi connectivity index (χ0v) is 8.76. The summed E-state index contributed by atoms with van der Waals surface area (Å²) in [5.74, 6) is 0.788. The lowest BCUT2D eigenvalue weighted by molar-refractivity contribution is -0.107. The van der Waals surface area contributed by atoms with Crippen LogP contribution in [-0.4, -0.2) is 6.29 Å². The first-order valence-electron chi connectivity index (χ1n) is 5.05. The number of carbonyl (C=O) groups excluding carboxylic acids is 1. The summed E-state index contributed by atoms with van der Waals surface area (Å²) in [5, 5.41) is 0. The van der Waals surface area contributed by atoms with Gasteiger partial charge in [-0.15, -0.1) is 0 Å². The SMILES string of the molecule is O=CCc1ccc(OCc2ccoc2)cc1. The minimum atomic E-state index is 0.446. The fourth-order valence-corrected chi connectivity index (χ4v) is 1.36. The van der Waals surface area contributed by atoms with E-state index in [9.17, 15) is 4.79 Å². The van der Waals surface area contributed by atoms with Crippen molar-refractivity contribution >= 4 is 6.29 Å². The third-order valence-corrected chi connectivity index (χ3v) is 2.23. The van der Waals surface area contributed by atoms with Crippen molar-refractivity contribution in [2.45, 2.75) is 13.0 Å². The fraction of sp³-hybridized carbons (Fsp3) is 0.154. The molecule has 2 aromatic rings. The minimum Gasteiger partial charge on any atom is -0.489 e. The Morgan fingerprint density at radius 2 is 1.94 bits per heavy atom. The molecule has 16 heavy (non-hydrogen) atoms. The van der Waals surface area contributed by atoms with E-state index < -0.39 is 0 Å². The topological polar surface area (TPSA) is 39.4 Å². The van der Waals surface area contributed by atoms with E-state index in [1.165, 1.54) is 0 Å². The minimum absolute atomic E-state index is 0.446. The number of carbonyl (C=O) groups is 1. The Bertz CT molecular complexity index is 429. The highest BCUT2D eigenvalue weighted by atomic mass is 16.5. The van der Waals surface area contributed by atoms with Gasteiger partial charge < -0.3 is 13.9 Å². The summed E-state index contributed by atoms with van der Waals surface area (Å²) in [6, 6.07) is 9.36. The van der Waals surface area contributed by atoms with Crippen LogP contribution < -0.4 is 4.74 Å². The van der Waals surface area contributed by atoms with E-state index in [1.807, 2.05) is 30.3 Å². The summed E-state index contributed by atoms with van der Waals surface area (Å²) in [6.07, 6.45) is 4.61. The van der Waals surface area contributed by atoms with E-state index in [4.69, 9.17) is 9.15 Å². The van der Waals surface area contributed by atoms with Gasteiger partial charge in [0.25, 0.3) is 0 Å². The van der Waals surface area contributed by atoms with Crippen LogP contribution in [0, 0.1) is 0 Å². The van der Waals surface area contributed by atoms with Crippen molar-refractivity contribution in [2.24, 2.45) is 0 Å². The van der Waals surface area contributed by atoms with Gasteiger partial charge in [0.2, 0.25) is 0 Å². The summed E-state index contributed by atoms with van der Waals surface area (Å²) in [7, 11) is 0. The molecule has 1 heterocycles. The van der Waals surface area contributed by atoms with Crippen LogP contribution in [-0.2, 0) is 17.8 Å². The Kier molecular flexibility index (Phi) is 3.38. The fourth-order valence-electron chi connectivity index (χ4n) is 1.36. The molecule has 82 valence electrons. The van der Waals surface area contributed by atoms with Crippen LogP contribution in [0.1, 0.15) is 11.1 Å². The first kappa shape index (κ1) is 10.5. The molecule has 3 nitrogen and oxygen atoms in total. The quantitative estimate of drug-likeness (QED) is 0.721. The molecule has 0 radical (unpaired) electrons. The highest BCUT2D eigenvalue weighted by Gasteiger charge is 1.97. The molecule has 0 unspecified atom stereocenters. The molecule has 0 aliphatic carbocycles. The summed E-state index contributed by atoms with van der Waals surface area (Å²) >= 11 is 0. The van der Waals surface area contributed by atoms with E-state index >= 15 is 0 Å². The molecule has 0 atom stereocenters. The van der Waals surface area contributed by atoms with Gasteiger partial charge in [-0.25, -0.2) is 0 Å². The lowest BCUT2D eigenvalue weighted by atomic mass is 10.2. The van der Waals surface area contributed by atoms with Gasteiger partial charge in [-0.3, -0.25) is 0 Å². The second kappa shape index (κ2) is 5.16. The average Bonchev–Trinajstić information content (AvgIpc) is 2.82. The van der Waals surface area contributed by atoms with Crippen LogP contribution in [0.3, 0.4) is 0 Å². The Balaban J connectivity index is 1.92. The largest absolute Gasteiger partial charge is 0.489 e. The van der Waals surface area contributed by atoms with Crippen LogP contribution in [0.2, 0.25) is 0 Å². The Morgan fingerprint density at radius 3 is 2.56 bits per heavy atom. The molecular formula is C13H12O3. The molecule has 1 aromatic carbocycles. The van der Waals surface area contributed by atoms with Crippen LogP contribution in [0.5, 0.6) is 5.75 Å². The number of hydrogen-bond donors (Lipinski definition) is 0. The van der Waals surface area contributed by atoms with Gasteiger partial charge in [-0.1, -0.05) is 12.1 Å². The van der Waals surface area contributed by atoms with Crippen LogP contribution in [0.4, 0.5) is 0 Å². The van der Waals surface area contributed by atoms with Gasteiger partial charge in [-0.05, 0) is 23.8 Å². The molecule has 0 fully saturated rings. The normalized spacial score (nSPS) is 10.0. The molecule has 0 aliphatic rings. The molecule has 0 saturated heterocycles. The number of ether oxygens (including phenoxy) is 1. The monoisotopic (exact) mass is 216 g/mol. The van der Waals surface area contributed by atoms with E-state index in [0.29, 0.717) is 13.0 Å². The van der Waals surface area contributed by atoms with E-state index in [0.717, 1.165) is 23.2 Å². The number of furan rings is 1. The Hall–Kier alpha value is -2.03. The molecule has 0 N–H and O–H groups in total. The van der Waals surface area contributed by atoms with Gasteiger partial charge in [0, 0.05) is 12.0 Å². The van der Waals surface area contributed by atoms with Crippen molar-refractivity contribution in [1.82, 2.24) is 0 Å². The van der Waals surface area contributed by atoms with Crippen molar-refractivity contribution < 1.29 is 13.9 Å². The van der Waals surface area contributed by atoms with E-state index in [2.05, 4.69) is 0 Å². The second-order valence-corrected chi connectivity index (χ2v) is 3.44. The van der Waals surface area contributed by atoms with Crippen molar-refractivity contribution in [2.75, 3.05) is 0 Å². The van der Waals surface area contributed by atoms with Crippen molar-refractivity contribution in [3.63, 3.8) is 0 Å². The lowest BCUT2D eigenvalue weighted by Crippen LogP contribution is -1.94. The molecule has 0 saturated carbocycles. The van der Waals surface area contributed by atoms with Gasteiger partial charge in [0.15, 0.2) is 0 Å². The predicted molar refractivity (Wildman–Crippen MR) is 59.3 cm³/mol. The highest BCUT2D eigenvalue weighted by Crippen LogP contribution is 2.14. The second-order valence-electron chi connectivity index (χ2n) is 3.44. The molecule has 0 aliphatic heterocycles. The highest BCUT2D eigenvalue weighted by molar-refractivity contribution is 5.55. The maximum Gasteiger partial charge on any atom is 0.124 e. The maximum atomic E-state index is 10.3. The summed E-state index contributed by atoms with van der Waals surface area (Å²) in [6.45, 7) is 0.490. The number of aldehydes is 1. The standard InChI is InChI=1S/C13H12O3/c14-7-5-11-1-3-13(4-2-11)16-10-12-6-8-15-9-12/h1-4,6-9H,5,10H2. The first-order chi connectivity index (χ1) is 7.88. The average molecular weight is 216 g/mol. The smallest absolute Gasteiger partial charge is 0.124 e. The Labute approximate surface area is 93.7 Å². The number of hydrogen-bond acceptors (Lipinski definition) is 3. The molecule has 2 rings (SSSR count). The lowest BCUT2D eigenvalue weighted by Gasteiger charge is -2.04. The van der Waals surface area contributed by atoms with Crippen LogP contribution in [0.25, 0.3) is 0 Å². The summed E-state index contributed by atoms with van der Waals surface area (Å²) < 4.78 is 10.5. The van der Waals surface area contributed by atoms with Crippen LogP contribution in [0.15, 0.2) is 47.3 Å². The summed E-state index contributed by atoms with van der Waals surface area (Å²) in [4.78, 5) is 10.3.